The van der Waals surface area contributed by atoms with Crippen LogP contribution in [0.2, 0.25) is 0 Å². The van der Waals surface area contributed by atoms with Gasteiger partial charge in [-0.05, 0) is 56.2 Å². The molecule has 2 aliphatic rings. The number of allylic oxidation sites excluding steroid dienone is 3. The molecule has 0 unspecified atom stereocenters. The van der Waals surface area contributed by atoms with Gasteiger partial charge in [-0.25, -0.2) is 9.67 Å². The lowest BCUT2D eigenvalue weighted by Gasteiger charge is -2.31. The lowest BCUT2D eigenvalue weighted by molar-refractivity contribution is -0.440. The molecule has 0 radical (unpaired) electrons. The fraction of sp³-hybridized carbons (Fsp3) is 0.262. The molecule has 0 spiro atoms. The first-order chi connectivity index (χ1) is 26.6. The van der Waals surface area contributed by atoms with Gasteiger partial charge in [-0.2, -0.15) is 22.8 Å². The number of thiazole rings is 1. The Morgan fingerprint density at radius 3 is 2.50 bits per heavy atom. The summed E-state index contributed by atoms with van der Waals surface area (Å²) in [6, 6.07) is 23.6. The van der Waals surface area contributed by atoms with Crippen LogP contribution in [0, 0.1) is 0 Å². The highest BCUT2D eigenvalue weighted by molar-refractivity contribution is 7.19. The molecule has 1 aliphatic heterocycles. The molecule has 0 atom stereocenters. The van der Waals surface area contributed by atoms with Crippen LogP contribution in [0.15, 0.2) is 90.2 Å². The van der Waals surface area contributed by atoms with Crippen LogP contribution in [-0.2, 0) is 33.0 Å². The number of hydrogen-bond acceptors (Lipinski definition) is 9. The summed E-state index contributed by atoms with van der Waals surface area (Å²) in [6.07, 6.45) is 1.18. The minimum atomic E-state index is -5.00. The van der Waals surface area contributed by atoms with Gasteiger partial charge in [0.1, 0.15) is 5.01 Å². The van der Waals surface area contributed by atoms with E-state index in [9.17, 15) is 33.0 Å². The van der Waals surface area contributed by atoms with Gasteiger partial charge in [-0.1, -0.05) is 54.3 Å². The van der Waals surface area contributed by atoms with E-state index in [0.717, 1.165) is 44.8 Å². The monoisotopic (exact) mass is 781 g/mol. The lowest BCUT2D eigenvalue weighted by atomic mass is 9.77. The van der Waals surface area contributed by atoms with E-state index >= 15 is 0 Å². The number of aromatic nitrogens is 3. The Bertz CT molecular complexity index is 2460. The van der Waals surface area contributed by atoms with Crippen molar-refractivity contribution in [3.05, 3.63) is 118 Å². The van der Waals surface area contributed by atoms with Crippen LogP contribution in [0.3, 0.4) is 0 Å². The molecule has 3 aromatic carbocycles. The number of esters is 1. The van der Waals surface area contributed by atoms with Crippen molar-refractivity contribution in [3.8, 4) is 5.88 Å². The van der Waals surface area contributed by atoms with Crippen LogP contribution in [-0.4, -0.2) is 68.7 Å². The Morgan fingerprint density at radius 2 is 1.79 bits per heavy atom. The number of aromatic hydroxyl groups is 1. The average Bonchev–Trinajstić information content (AvgIpc) is 3.79. The van der Waals surface area contributed by atoms with E-state index in [1.54, 1.807) is 11.3 Å². The van der Waals surface area contributed by atoms with Crippen LogP contribution in [0.5, 0.6) is 5.88 Å². The van der Waals surface area contributed by atoms with Gasteiger partial charge in [0, 0.05) is 61.6 Å². The van der Waals surface area contributed by atoms with E-state index in [1.807, 2.05) is 104 Å². The number of hydrogen-bond donors (Lipinski definition) is 1. The summed E-state index contributed by atoms with van der Waals surface area (Å²) in [5.74, 6) is -3.15. The molecular weight excluding hydrogens is 744 g/mol. The Morgan fingerprint density at radius 1 is 1.07 bits per heavy atom. The third-order valence-electron chi connectivity index (χ3n) is 10.1. The molecule has 14 heteroatoms. The third-order valence-corrected chi connectivity index (χ3v) is 11.1. The number of fused-ring (bicyclic) bond motifs is 2. The molecule has 0 bridgehead atoms. The highest BCUT2D eigenvalue weighted by Gasteiger charge is 2.47. The minimum absolute atomic E-state index is 0.00945. The van der Waals surface area contributed by atoms with Gasteiger partial charge in [-0.15, -0.1) is 11.3 Å². The summed E-state index contributed by atoms with van der Waals surface area (Å²) in [5.41, 5.74) is 1.03. The number of anilines is 1. The smallest absolute Gasteiger partial charge is 0.435 e. The Kier molecular flexibility index (Phi) is 10.2. The number of Topliss-reactive ketones (excluding diaryl/α,β-unsaturated/α-hetero) is 1. The first-order valence-electron chi connectivity index (χ1n) is 17.9. The van der Waals surface area contributed by atoms with Crippen molar-refractivity contribution in [1.82, 2.24) is 14.8 Å². The number of carbonyl (C=O) groups is 2. The van der Waals surface area contributed by atoms with Crippen molar-refractivity contribution in [2.24, 2.45) is 7.05 Å². The maximum Gasteiger partial charge on any atom is 0.435 e. The van der Waals surface area contributed by atoms with Crippen LogP contribution in [0.25, 0.3) is 27.9 Å². The summed E-state index contributed by atoms with van der Waals surface area (Å²) in [5, 5.41) is 27.8. The molecule has 2 aromatic heterocycles. The Balaban J connectivity index is 0.979. The predicted octanol–water partition coefficient (Wildman–Crippen LogP) is 7.04. The van der Waals surface area contributed by atoms with Gasteiger partial charge in [0.05, 0.1) is 21.2 Å². The van der Waals surface area contributed by atoms with Crippen LogP contribution in [0.4, 0.5) is 24.5 Å². The third kappa shape index (κ3) is 7.24. The van der Waals surface area contributed by atoms with Crippen molar-refractivity contribution < 1.29 is 42.3 Å². The van der Waals surface area contributed by atoms with Gasteiger partial charge >= 0.3 is 12.1 Å². The summed E-state index contributed by atoms with van der Waals surface area (Å²) in [6.45, 7) is 4.64. The van der Waals surface area contributed by atoms with Gasteiger partial charge in [0.15, 0.2) is 30.3 Å². The van der Waals surface area contributed by atoms with Crippen molar-refractivity contribution in [3.63, 3.8) is 0 Å². The number of rotatable bonds is 12. The highest BCUT2D eigenvalue weighted by Crippen LogP contribution is 2.46. The SMILES string of the molecule is CN(CCCC(=O)OCC[N+]1=C(/C=C2\C(=O)C(c3c(C(F)(F)F)nn(C)c3O)=C2[O-])C(C)(C)c2ccccc21)c1ccc(/C=C/c2nc3ccccc3s2)cc1. The Hall–Kier alpha value is -6.02. The number of alkyl halides is 3. The minimum Gasteiger partial charge on any atom is -0.871 e. The maximum atomic E-state index is 13.7. The van der Waals surface area contributed by atoms with Crippen LogP contribution < -0.4 is 10.0 Å². The molecule has 0 fully saturated rings. The van der Waals surface area contributed by atoms with Crippen molar-refractivity contribution in [2.75, 3.05) is 31.6 Å². The van der Waals surface area contributed by atoms with Gasteiger partial charge in [0.2, 0.25) is 11.6 Å². The zero-order valence-electron chi connectivity index (χ0n) is 31.1. The number of ketones is 1. The lowest BCUT2D eigenvalue weighted by Crippen LogP contribution is -2.34. The first-order valence-corrected chi connectivity index (χ1v) is 18.7. The summed E-state index contributed by atoms with van der Waals surface area (Å²) < 4.78 is 50.3. The normalized spacial score (nSPS) is 16.0. The zero-order chi connectivity index (χ0) is 39.9. The zero-order valence-corrected chi connectivity index (χ0v) is 31.9. The second-order valence-electron chi connectivity index (χ2n) is 14.1. The number of ether oxygens (including phenoxy) is 1. The van der Waals surface area contributed by atoms with Crippen LogP contribution >= 0.6 is 11.3 Å². The largest absolute Gasteiger partial charge is 0.871 e. The quantitative estimate of drug-likeness (QED) is 0.0813. The average molecular weight is 782 g/mol. The van der Waals surface area contributed by atoms with Crippen LogP contribution in [0.1, 0.15) is 54.1 Å². The second kappa shape index (κ2) is 14.9. The maximum absolute atomic E-state index is 13.7. The van der Waals surface area contributed by atoms with E-state index in [-0.39, 0.29) is 31.1 Å². The summed E-state index contributed by atoms with van der Waals surface area (Å²) in [4.78, 5) is 32.8. The Labute approximate surface area is 324 Å². The standard InChI is InChI=1S/C42H38F3N5O5S/c1-41(2)28-10-5-7-12-30(28)50(32(41)24-27-37(52)35(38(27)53)36-39(42(43,44)45)47-49(4)40(36)54)22-23-55-34(51)14-9-21-48(3)26-18-15-25(16-19-26)17-20-33-46-29-11-6-8-13-31(29)56-33/h5-8,10-13,15-20,24H,9,14,21-23H2,1-4H3,(H,52,53)/b20-17+. The van der Waals surface area contributed by atoms with Gasteiger partial charge in [-0.3, -0.25) is 9.59 Å². The van der Waals surface area contributed by atoms with E-state index < -0.39 is 45.8 Å². The predicted molar refractivity (Wildman–Crippen MR) is 208 cm³/mol. The number of benzene rings is 3. The van der Waals surface area contributed by atoms with Crippen molar-refractivity contribution in [1.29, 1.82) is 0 Å². The van der Waals surface area contributed by atoms with E-state index in [2.05, 4.69) is 21.0 Å². The first kappa shape index (κ1) is 38.3. The molecule has 288 valence electrons. The fourth-order valence-electron chi connectivity index (χ4n) is 7.07. The molecule has 0 saturated heterocycles. The molecule has 0 saturated carbocycles. The van der Waals surface area contributed by atoms with Crippen molar-refractivity contribution in [2.45, 2.75) is 38.3 Å². The molecule has 3 heterocycles. The van der Waals surface area contributed by atoms with Gasteiger partial charge < -0.3 is 19.8 Å². The number of para-hydroxylation sites is 2. The van der Waals surface area contributed by atoms with Crippen molar-refractivity contribution >= 4 is 68.1 Å². The number of aryl methyl sites for hydroxylation is 1. The molecule has 56 heavy (non-hydrogen) atoms. The van der Waals surface area contributed by atoms with E-state index in [4.69, 9.17) is 4.74 Å². The molecule has 1 N–H and O–H groups in total. The molecular formula is C42H38F3N5O5S. The summed E-state index contributed by atoms with van der Waals surface area (Å²) >= 11 is 1.64. The number of nitrogens with zero attached hydrogens (tertiary/aromatic N) is 5. The molecule has 1 aliphatic carbocycles. The molecule has 5 aromatic rings. The molecule has 10 nitrogen and oxygen atoms in total. The fourth-order valence-corrected chi connectivity index (χ4v) is 7.95. The summed E-state index contributed by atoms with van der Waals surface area (Å²) in [7, 11) is 3.05. The molecule has 7 rings (SSSR count). The van der Waals surface area contributed by atoms with E-state index in [1.165, 1.54) is 6.08 Å². The topological polar surface area (TPSA) is 124 Å². The number of halogens is 3. The second-order valence-corrected chi connectivity index (χ2v) is 15.2. The number of carbonyl (C=O) groups excluding carboxylic acids is 2. The van der Waals surface area contributed by atoms with E-state index in [0.29, 0.717) is 23.4 Å². The molecule has 0 amide bonds. The highest BCUT2D eigenvalue weighted by atomic mass is 32.1. The van der Waals surface area contributed by atoms with Gasteiger partial charge in [0.25, 0.3) is 0 Å².